The van der Waals surface area contributed by atoms with E-state index < -0.39 is 0 Å². The minimum Gasteiger partial charge on any atom is -0.357 e. The van der Waals surface area contributed by atoms with Crippen molar-refractivity contribution in [1.82, 2.24) is 9.97 Å². The molecule has 0 unspecified atom stereocenters. The average molecular weight is 326 g/mol. The third kappa shape index (κ3) is 4.78. The average Bonchev–Trinajstić information content (AvgIpc) is 2.62. The third-order valence-corrected chi connectivity index (χ3v) is 3.82. The summed E-state index contributed by atoms with van der Waals surface area (Å²) in [6, 6.07) is 9.64. The van der Waals surface area contributed by atoms with Crippen molar-refractivity contribution < 1.29 is 4.79 Å². The molecule has 0 bridgehead atoms. The van der Waals surface area contributed by atoms with Gasteiger partial charge in [0.1, 0.15) is 17.8 Å². The second-order valence-corrected chi connectivity index (χ2v) is 5.75. The van der Waals surface area contributed by atoms with Crippen molar-refractivity contribution in [2.75, 3.05) is 23.3 Å². The van der Waals surface area contributed by atoms with Crippen molar-refractivity contribution in [3.05, 3.63) is 47.9 Å². The van der Waals surface area contributed by atoms with Gasteiger partial charge in [-0.05, 0) is 37.0 Å². The zero-order valence-electron chi connectivity index (χ0n) is 14.7. The smallest absolute Gasteiger partial charge is 0.274 e. The number of hydrogen-bond donors (Lipinski definition) is 1. The minimum atomic E-state index is -0.212. The van der Waals surface area contributed by atoms with Gasteiger partial charge in [0, 0.05) is 24.8 Å². The number of carbonyl (C=O) groups excluding carboxylic acids is 1. The van der Waals surface area contributed by atoms with Crippen LogP contribution in [-0.2, 0) is 6.42 Å². The maximum Gasteiger partial charge on any atom is 0.274 e. The van der Waals surface area contributed by atoms with Crippen molar-refractivity contribution in [3.63, 3.8) is 0 Å². The summed E-state index contributed by atoms with van der Waals surface area (Å²) in [6.07, 6.45) is 4.52. The lowest BCUT2D eigenvalue weighted by atomic mass is 10.1. The first-order valence-corrected chi connectivity index (χ1v) is 8.65. The molecule has 0 saturated heterocycles. The zero-order chi connectivity index (χ0) is 17.4. The number of carbonyl (C=O) groups is 1. The van der Waals surface area contributed by atoms with E-state index in [2.05, 4.69) is 41.0 Å². The number of anilines is 2. The maximum atomic E-state index is 12.4. The van der Waals surface area contributed by atoms with Crippen molar-refractivity contribution in [2.45, 2.75) is 40.0 Å². The van der Waals surface area contributed by atoms with Crippen LogP contribution in [0.15, 0.2) is 36.7 Å². The molecule has 0 aliphatic rings. The molecule has 24 heavy (non-hydrogen) atoms. The van der Waals surface area contributed by atoms with Gasteiger partial charge in [-0.1, -0.05) is 32.9 Å². The van der Waals surface area contributed by atoms with Crippen LogP contribution in [-0.4, -0.2) is 29.0 Å². The Hall–Kier alpha value is -2.43. The van der Waals surface area contributed by atoms with Crippen LogP contribution >= 0.6 is 0 Å². The van der Waals surface area contributed by atoms with E-state index in [9.17, 15) is 4.79 Å². The van der Waals surface area contributed by atoms with Gasteiger partial charge in [-0.2, -0.15) is 0 Å². The summed E-state index contributed by atoms with van der Waals surface area (Å²) in [7, 11) is 0. The Morgan fingerprint density at radius 3 is 2.29 bits per heavy atom. The highest BCUT2D eigenvalue weighted by atomic mass is 16.1. The summed E-state index contributed by atoms with van der Waals surface area (Å²) in [4.78, 5) is 23.1. The second-order valence-electron chi connectivity index (χ2n) is 5.75. The van der Waals surface area contributed by atoms with Gasteiger partial charge in [0.15, 0.2) is 0 Å². The molecule has 128 valence electrons. The summed E-state index contributed by atoms with van der Waals surface area (Å²) in [5, 5.41) is 2.89. The number of nitrogens with one attached hydrogen (secondary N) is 1. The summed E-state index contributed by atoms with van der Waals surface area (Å²) in [5.41, 5.74) is 2.40. The molecule has 1 amide bonds. The number of hydrogen-bond acceptors (Lipinski definition) is 4. The number of amides is 1. The van der Waals surface area contributed by atoms with Gasteiger partial charge in [-0.25, -0.2) is 9.97 Å². The van der Waals surface area contributed by atoms with E-state index in [1.165, 1.54) is 11.9 Å². The molecule has 1 aromatic heterocycles. The Kier molecular flexibility index (Phi) is 6.73. The molecule has 0 aliphatic carbocycles. The number of aryl methyl sites for hydroxylation is 1. The Morgan fingerprint density at radius 1 is 1.04 bits per heavy atom. The van der Waals surface area contributed by atoms with Crippen LogP contribution in [0.25, 0.3) is 0 Å². The van der Waals surface area contributed by atoms with E-state index in [1.54, 1.807) is 6.07 Å². The van der Waals surface area contributed by atoms with Gasteiger partial charge >= 0.3 is 0 Å². The molecule has 1 heterocycles. The van der Waals surface area contributed by atoms with Crippen LogP contribution in [0.2, 0.25) is 0 Å². The predicted octanol–water partition coefficient (Wildman–Crippen LogP) is 3.92. The van der Waals surface area contributed by atoms with Gasteiger partial charge in [0.2, 0.25) is 0 Å². The lowest BCUT2D eigenvalue weighted by Crippen LogP contribution is -2.26. The van der Waals surface area contributed by atoms with E-state index in [1.807, 2.05) is 24.3 Å². The molecule has 0 aliphatic heterocycles. The Morgan fingerprint density at radius 2 is 1.71 bits per heavy atom. The van der Waals surface area contributed by atoms with Crippen LogP contribution in [0.4, 0.5) is 11.5 Å². The molecule has 1 aromatic carbocycles. The van der Waals surface area contributed by atoms with E-state index in [0.717, 1.165) is 43.9 Å². The summed E-state index contributed by atoms with van der Waals surface area (Å²) in [5.74, 6) is 0.594. The SMILES string of the molecule is CCCN(CCC)c1cc(C(=O)Nc2ccc(CC)cc2)ncn1. The number of rotatable bonds is 8. The topological polar surface area (TPSA) is 58.1 Å². The molecular weight excluding hydrogens is 300 g/mol. The predicted molar refractivity (Wildman–Crippen MR) is 98.6 cm³/mol. The van der Waals surface area contributed by atoms with E-state index in [4.69, 9.17) is 0 Å². The number of benzene rings is 1. The van der Waals surface area contributed by atoms with Gasteiger partial charge < -0.3 is 10.2 Å². The van der Waals surface area contributed by atoms with Crippen molar-refractivity contribution >= 4 is 17.4 Å². The lowest BCUT2D eigenvalue weighted by Gasteiger charge is -2.22. The third-order valence-electron chi connectivity index (χ3n) is 3.82. The largest absolute Gasteiger partial charge is 0.357 e. The first-order valence-electron chi connectivity index (χ1n) is 8.65. The molecule has 0 radical (unpaired) electrons. The minimum absolute atomic E-state index is 0.212. The molecule has 0 spiro atoms. The quantitative estimate of drug-likeness (QED) is 0.799. The highest BCUT2D eigenvalue weighted by molar-refractivity contribution is 6.03. The van der Waals surface area contributed by atoms with Crippen molar-refractivity contribution in [1.29, 1.82) is 0 Å². The molecule has 0 saturated carbocycles. The summed E-state index contributed by atoms with van der Waals surface area (Å²) in [6.45, 7) is 8.22. The van der Waals surface area contributed by atoms with E-state index in [-0.39, 0.29) is 5.91 Å². The fourth-order valence-electron chi connectivity index (χ4n) is 2.54. The van der Waals surface area contributed by atoms with Gasteiger partial charge in [0.05, 0.1) is 0 Å². The number of nitrogens with zero attached hydrogens (tertiary/aromatic N) is 3. The van der Waals surface area contributed by atoms with Gasteiger partial charge in [-0.3, -0.25) is 4.79 Å². The molecule has 0 atom stereocenters. The first kappa shape index (κ1) is 17.9. The first-order chi connectivity index (χ1) is 11.7. The molecule has 1 N–H and O–H groups in total. The summed E-state index contributed by atoms with van der Waals surface area (Å²) < 4.78 is 0. The van der Waals surface area contributed by atoms with Gasteiger partial charge in [0.25, 0.3) is 5.91 Å². The van der Waals surface area contributed by atoms with Crippen LogP contribution in [0.1, 0.15) is 49.7 Å². The van der Waals surface area contributed by atoms with E-state index >= 15 is 0 Å². The lowest BCUT2D eigenvalue weighted by molar-refractivity contribution is 0.102. The standard InChI is InChI=1S/C19H26N4O/c1-4-11-23(12-5-2)18-13-17(20-14-21-18)19(24)22-16-9-7-15(6-3)8-10-16/h7-10,13-14H,4-6,11-12H2,1-3H3,(H,22,24). The molecule has 2 rings (SSSR count). The normalized spacial score (nSPS) is 10.5. The van der Waals surface area contributed by atoms with Crippen LogP contribution < -0.4 is 10.2 Å². The zero-order valence-corrected chi connectivity index (χ0v) is 14.7. The van der Waals surface area contributed by atoms with Gasteiger partial charge in [-0.15, -0.1) is 0 Å². The van der Waals surface area contributed by atoms with Crippen LogP contribution in [0, 0.1) is 0 Å². The fraction of sp³-hybridized carbons (Fsp3) is 0.421. The second kappa shape index (κ2) is 9.01. The molecule has 5 nitrogen and oxygen atoms in total. The maximum absolute atomic E-state index is 12.4. The fourth-order valence-corrected chi connectivity index (χ4v) is 2.54. The highest BCUT2D eigenvalue weighted by Crippen LogP contribution is 2.15. The molecule has 2 aromatic rings. The van der Waals surface area contributed by atoms with Crippen LogP contribution in [0.5, 0.6) is 0 Å². The Balaban J connectivity index is 2.12. The highest BCUT2D eigenvalue weighted by Gasteiger charge is 2.12. The molecule has 5 heteroatoms. The Bertz CT molecular complexity index is 649. The van der Waals surface area contributed by atoms with E-state index in [0.29, 0.717) is 5.69 Å². The monoisotopic (exact) mass is 326 g/mol. The van der Waals surface area contributed by atoms with Crippen LogP contribution in [0.3, 0.4) is 0 Å². The van der Waals surface area contributed by atoms with Crippen molar-refractivity contribution in [2.24, 2.45) is 0 Å². The molecule has 0 fully saturated rings. The molecular formula is C19H26N4O. The van der Waals surface area contributed by atoms with Crippen molar-refractivity contribution in [3.8, 4) is 0 Å². The Labute approximate surface area is 144 Å². The number of aromatic nitrogens is 2. The summed E-state index contributed by atoms with van der Waals surface area (Å²) >= 11 is 0.